The molecule has 0 aliphatic carbocycles. The molecule has 0 N–H and O–H groups in total. The summed E-state index contributed by atoms with van der Waals surface area (Å²) in [7, 11) is -9.93. The van der Waals surface area contributed by atoms with Crippen molar-refractivity contribution < 1.29 is 33.4 Å². The van der Waals surface area contributed by atoms with Crippen molar-refractivity contribution in [2.75, 3.05) is 0 Å². The summed E-state index contributed by atoms with van der Waals surface area (Å²) in [6.45, 7) is 4.66. The number of carbonyl (C=O) groups excluding carboxylic acids is 1. The molecule has 1 rings (SSSR count). The van der Waals surface area contributed by atoms with E-state index >= 15 is 0 Å². The first-order chi connectivity index (χ1) is 8.98. The van der Waals surface area contributed by atoms with Crippen LogP contribution in [0.1, 0.15) is 26.3 Å². The second kappa shape index (κ2) is 4.31. The predicted octanol–water partition coefficient (Wildman–Crippen LogP) is 5.37. The molecule has 0 aromatic heterocycles. The summed E-state index contributed by atoms with van der Waals surface area (Å²) >= 11 is 0. The van der Waals surface area contributed by atoms with E-state index in [1.165, 1.54) is 0 Å². The predicted molar refractivity (Wildman–Crippen MR) is 67.3 cm³/mol. The summed E-state index contributed by atoms with van der Waals surface area (Å²) in [4.78, 5) is 9.10. The lowest BCUT2D eigenvalue weighted by Crippen LogP contribution is -2.25. The zero-order valence-corrected chi connectivity index (χ0v) is 12.2. The van der Waals surface area contributed by atoms with Crippen LogP contribution in [-0.2, 0) is 16.0 Å². The first-order valence-electron chi connectivity index (χ1n) is 5.72. The lowest BCUT2D eigenvalue weighted by molar-refractivity contribution is -0.153. The van der Waals surface area contributed by atoms with E-state index < -0.39 is 44.5 Å². The van der Waals surface area contributed by atoms with Crippen LogP contribution in [-0.4, -0.2) is 11.6 Å². The minimum atomic E-state index is -9.93. The summed E-state index contributed by atoms with van der Waals surface area (Å²) in [6.07, 6.45) is -0.649. The molecule has 0 unspecified atom stereocenters. The average molecular weight is 336 g/mol. The molecule has 0 radical (unpaired) electrons. The van der Waals surface area contributed by atoms with Gasteiger partial charge in [0.25, 0.3) is 0 Å². The maximum Gasteiger partial charge on any atom is 0.310 e. The van der Waals surface area contributed by atoms with E-state index in [1.807, 2.05) is 0 Å². The summed E-state index contributed by atoms with van der Waals surface area (Å²) in [5, 5.41) is 0. The van der Waals surface area contributed by atoms with Gasteiger partial charge in [0.05, 0.1) is 6.42 Å². The molecule has 9 heteroatoms. The van der Waals surface area contributed by atoms with Gasteiger partial charge in [-0.25, -0.2) is 4.39 Å². The van der Waals surface area contributed by atoms with Gasteiger partial charge in [-0.1, -0.05) is 25.5 Å². The average Bonchev–Trinajstić information content (AvgIpc) is 2.14. The molecule has 0 aliphatic heterocycles. The fraction of sp³-hybridized carbons (Fsp3) is 0.417. The number of halogens is 6. The monoisotopic (exact) mass is 336 g/mol. The van der Waals surface area contributed by atoms with Crippen LogP contribution in [0.15, 0.2) is 23.1 Å². The Kier molecular flexibility index (Phi) is 3.63. The highest BCUT2D eigenvalue weighted by Crippen LogP contribution is 3.02. The van der Waals surface area contributed by atoms with Crippen LogP contribution < -0.4 is 0 Å². The molecular weight excluding hydrogens is 322 g/mol. The van der Waals surface area contributed by atoms with Gasteiger partial charge in [-0.3, -0.25) is 4.79 Å². The van der Waals surface area contributed by atoms with Crippen molar-refractivity contribution >= 4 is 16.2 Å². The molecule has 1 aromatic carbocycles. The number of esters is 1. The third-order valence-corrected chi connectivity index (χ3v) is 3.37. The summed E-state index contributed by atoms with van der Waals surface area (Å²) in [5.74, 6) is -2.41. The second-order valence-corrected chi connectivity index (χ2v) is 7.89. The molecule has 2 nitrogen and oxygen atoms in total. The topological polar surface area (TPSA) is 26.3 Å². The van der Waals surface area contributed by atoms with Crippen LogP contribution in [0.4, 0.5) is 23.8 Å². The molecule has 1 aromatic rings. The van der Waals surface area contributed by atoms with Gasteiger partial charge in [0, 0.05) is 0 Å². The van der Waals surface area contributed by atoms with E-state index in [-0.39, 0.29) is 12.1 Å². The van der Waals surface area contributed by atoms with Crippen molar-refractivity contribution in [2.45, 2.75) is 37.7 Å². The highest BCUT2D eigenvalue weighted by Gasteiger charge is 2.65. The van der Waals surface area contributed by atoms with Gasteiger partial charge in [-0.2, -0.15) is 0 Å². The summed E-state index contributed by atoms with van der Waals surface area (Å²) in [6, 6.07) is 0.262. The maximum atomic E-state index is 13.5. The Morgan fingerprint density at radius 1 is 1.14 bits per heavy atom. The minimum absolute atomic E-state index is 0.0599. The Labute approximate surface area is 117 Å². The van der Waals surface area contributed by atoms with E-state index in [1.54, 1.807) is 20.8 Å². The van der Waals surface area contributed by atoms with Crippen molar-refractivity contribution in [1.82, 2.24) is 0 Å². The van der Waals surface area contributed by atoms with E-state index in [4.69, 9.17) is 4.74 Å². The number of carbonyl (C=O) groups is 1. The quantitative estimate of drug-likeness (QED) is 0.548. The zero-order valence-electron chi connectivity index (χ0n) is 11.4. The van der Waals surface area contributed by atoms with Crippen LogP contribution in [0.5, 0.6) is 0 Å². The first-order valence-corrected chi connectivity index (χ1v) is 7.67. The van der Waals surface area contributed by atoms with Gasteiger partial charge < -0.3 is 4.74 Å². The molecule has 0 amide bonds. The van der Waals surface area contributed by atoms with Crippen LogP contribution in [0.2, 0.25) is 0 Å². The lowest BCUT2D eigenvalue weighted by atomic mass is 10.1. The molecule has 0 heterocycles. The summed E-state index contributed by atoms with van der Waals surface area (Å²) < 4.78 is 80.8. The number of hydrogen-bond donors (Lipinski definition) is 0. The van der Waals surface area contributed by atoms with Gasteiger partial charge in [0.15, 0.2) is 0 Å². The Morgan fingerprint density at radius 3 is 2.05 bits per heavy atom. The van der Waals surface area contributed by atoms with Crippen LogP contribution in [0.3, 0.4) is 0 Å². The minimum Gasteiger partial charge on any atom is -0.460 e. The molecular formula is C12H14F6O2S. The van der Waals surface area contributed by atoms with Crippen molar-refractivity contribution in [3.05, 3.63) is 29.6 Å². The fourth-order valence-corrected chi connectivity index (χ4v) is 2.10. The van der Waals surface area contributed by atoms with Crippen LogP contribution >= 0.6 is 10.2 Å². The molecule has 0 bridgehead atoms. The lowest BCUT2D eigenvalue weighted by Gasteiger charge is -2.40. The molecule has 21 heavy (non-hydrogen) atoms. The molecule has 0 aliphatic rings. The fourth-order valence-electron chi connectivity index (χ4n) is 1.44. The number of rotatable bonds is 3. The molecule has 122 valence electrons. The zero-order chi connectivity index (χ0) is 16.8. The maximum absolute atomic E-state index is 13.5. The SMILES string of the molecule is CC(C)(C)OC(=O)Cc1ccc(S(F)(F)(F)(F)F)cc1F. The standard InChI is InChI=1S/C12H14F6O2S/c1-12(2,3)20-11(19)6-8-4-5-9(7-10(8)13)21(14,15,16,17)18/h4-5,7H,6H2,1-3H3. The highest BCUT2D eigenvalue weighted by atomic mass is 32.5. The Balaban J connectivity index is 3.04. The van der Waals surface area contributed by atoms with Crippen molar-refractivity contribution in [3.8, 4) is 0 Å². The smallest absolute Gasteiger partial charge is 0.310 e. The van der Waals surface area contributed by atoms with Crippen molar-refractivity contribution in [3.63, 3.8) is 0 Å². The van der Waals surface area contributed by atoms with Gasteiger partial charge in [-0.15, -0.1) is 0 Å². The molecule has 0 spiro atoms. The van der Waals surface area contributed by atoms with Gasteiger partial charge in [0.1, 0.15) is 16.3 Å². The Morgan fingerprint density at radius 2 is 1.67 bits per heavy atom. The third-order valence-electron chi connectivity index (χ3n) is 2.22. The van der Waals surface area contributed by atoms with Gasteiger partial charge >= 0.3 is 16.2 Å². The molecule has 0 saturated carbocycles. The first kappa shape index (κ1) is 17.7. The van der Waals surface area contributed by atoms with Crippen molar-refractivity contribution in [2.24, 2.45) is 0 Å². The Bertz CT molecular complexity index is 573. The van der Waals surface area contributed by atoms with Crippen molar-refractivity contribution in [1.29, 1.82) is 0 Å². The summed E-state index contributed by atoms with van der Waals surface area (Å²) in [5.41, 5.74) is -1.30. The number of ether oxygens (including phenoxy) is 1. The van der Waals surface area contributed by atoms with Crippen LogP contribution in [0.25, 0.3) is 0 Å². The third kappa shape index (κ3) is 5.49. The van der Waals surface area contributed by atoms with Gasteiger partial charge in [0.2, 0.25) is 0 Å². The molecule has 0 saturated heterocycles. The van der Waals surface area contributed by atoms with E-state index in [2.05, 4.69) is 0 Å². The largest absolute Gasteiger partial charge is 0.460 e. The van der Waals surface area contributed by atoms with Gasteiger partial charge in [-0.05, 0) is 38.5 Å². The normalized spacial score (nSPS) is 16.0. The van der Waals surface area contributed by atoms with Crippen LogP contribution in [0, 0.1) is 5.82 Å². The number of hydrogen-bond acceptors (Lipinski definition) is 2. The molecule has 0 atom stereocenters. The second-order valence-electron chi connectivity index (χ2n) is 5.49. The van der Waals surface area contributed by atoms with E-state index in [9.17, 15) is 28.6 Å². The number of benzene rings is 1. The molecule has 0 fully saturated rings. The highest BCUT2D eigenvalue weighted by molar-refractivity contribution is 8.45. The van der Waals surface area contributed by atoms with E-state index in [0.717, 1.165) is 0 Å². The Hall–Kier alpha value is -1.38. The van der Waals surface area contributed by atoms with E-state index in [0.29, 0.717) is 6.07 Å².